The first-order chi connectivity index (χ1) is 8.92. The quantitative estimate of drug-likeness (QED) is 0.744. The number of hydrogen-bond acceptors (Lipinski definition) is 3. The Morgan fingerprint density at radius 1 is 1.28 bits per heavy atom. The van der Waals surface area contributed by atoms with E-state index in [-0.39, 0.29) is 0 Å². The van der Waals surface area contributed by atoms with Crippen LogP contribution in [0.3, 0.4) is 0 Å². The zero-order chi connectivity index (χ0) is 12.6. The number of thioether (sulfide) groups is 1. The van der Waals surface area contributed by atoms with Crippen molar-refractivity contribution in [3.05, 3.63) is 35.4 Å². The van der Waals surface area contributed by atoms with E-state index in [0.717, 1.165) is 24.5 Å². The third-order valence-corrected chi connectivity index (χ3v) is 4.52. The molecule has 2 nitrogen and oxygen atoms in total. The van der Waals surface area contributed by atoms with Gasteiger partial charge in [-0.2, -0.15) is 11.8 Å². The van der Waals surface area contributed by atoms with Crippen LogP contribution in [0.1, 0.15) is 36.4 Å². The fourth-order valence-electron chi connectivity index (χ4n) is 2.54. The molecule has 1 aromatic carbocycles. The average Bonchev–Trinajstić information content (AvgIpc) is 2.43. The van der Waals surface area contributed by atoms with E-state index in [9.17, 15) is 0 Å². The second-order valence-electron chi connectivity index (χ2n) is 4.79. The van der Waals surface area contributed by atoms with Crippen molar-refractivity contribution < 1.29 is 5.11 Å². The highest BCUT2D eigenvalue weighted by Gasteiger charge is 2.18. The van der Waals surface area contributed by atoms with Crippen molar-refractivity contribution in [2.24, 2.45) is 0 Å². The highest BCUT2D eigenvalue weighted by Crippen LogP contribution is 2.29. The Balaban J connectivity index is 1.74. The number of hydrogen-bond donors (Lipinski definition) is 2. The second-order valence-corrected chi connectivity index (χ2v) is 6.01. The first-order valence-corrected chi connectivity index (χ1v) is 8.07. The molecule has 0 bridgehead atoms. The van der Waals surface area contributed by atoms with Crippen molar-refractivity contribution in [3.63, 3.8) is 0 Å². The number of aliphatic hydroxyl groups is 1. The lowest BCUT2D eigenvalue weighted by molar-refractivity contribution is 0.296. The first kappa shape index (κ1) is 13.9. The summed E-state index contributed by atoms with van der Waals surface area (Å²) in [6, 6.07) is 9.37. The van der Waals surface area contributed by atoms with E-state index >= 15 is 0 Å². The topological polar surface area (TPSA) is 32.3 Å². The van der Waals surface area contributed by atoms with Crippen molar-refractivity contribution in [1.82, 2.24) is 5.32 Å². The summed E-state index contributed by atoms with van der Waals surface area (Å²) in [6.45, 7) is 1.38. The van der Waals surface area contributed by atoms with E-state index in [4.69, 9.17) is 5.11 Å². The summed E-state index contributed by atoms with van der Waals surface area (Å²) in [7, 11) is 0. The number of nitrogens with one attached hydrogen (secondary N) is 1. The minimum absolute atomic E-state index is 0.316. The lowest BCUT2D eigenvalue weighted by Crippen LogP contribution is -2.27. The van der Waals surface area contributed by atoms with Gasteiger partial charge in [0.15, 0.2) is 0 Å². The molecule has 0 aromatic heterocycles. The van der Waals surface area contributed by atoms with E-state index in [0.29, 0.717) is 12.6 Å². The molecular weight excluding hydrogens is 242 g/mol. The Kier molecular flexibility index (Phi) is 6.05. The summed E-state index contributed by atoms with van der Waals surface area (Å²) in [5, 5.41) is 12.4. The second kappa shape index (κ2) is 7.82. The molecule has 100 valence electrons. The fraction of sp³-hybridized carbons (Fsp3) is 0.600. The molecule has 1 aliphatic rings. The van der Waals surface area contributed by atoms with E-state index < -0.39 is 0 Å². The van der Waals surface area contributed by atoms with Gasteiger partial charge in [-0.25, -0.2) is 0 Å². The maximum absolute atomic E-state index is 8.71. The highest BCUT2D eigenvalue weighted by atomic mass is 32.2. The van der Waals surface area contributed by atoms with Gasteiger partial charge >= 0.3 is 0 Å². The summed E-state index contributed by atoms with van der Waals surface area (Å²) in [6.07, 6.45) is 4.71. The normalized spacial score (nSPS) is 18.6. The number of rotatable bonds is 7. The summed E-state index contributed by atoms with van der Waals surface area (Å²) in [4.78, 5) is 0. The molecular formula is C15H23NOS. The zero-order valence-corrected chi connectivity index (χ0v) is 11.7. The maximum atomic E-state index is 8.71. The Hall–Kier alpha value is -0.510. The van der Waals surface area contributed by atoms with Crippen LogP contribution in [0.15, 0.2) is 24.3 Å². The standard InChI is InChI=1S/C15H23NOS/c17-10-4-11-18-12-9-16-15-8-3-6-13-5-1-2-7-14(13)15/h1-2,5,7,15-17H,3-4,6,8-12H2/t15-/m1/s1. The Morgan fingerprint density at radius 2 is 2.17 bits per heavy atom. The lowest BCUT2D eigenvalue weighted by Gasteiger charge is -2.26. The zero-order valence-electron chi connectivity index (χ0n) is 10.9. The lowest BCUT2D eigenvalue weighted by atomic mass is 9.88. The molecule has 2 N–H and O–H groups in total. The van der Waals surface area contributed by atoms with Gasteiger partial charge in [-0.3, -0.25) is 0 Å². The van der Waals surface area contributed by atoms with E-state index in [2.05, 4.69) is 29.6 Å². The molecule has 0 unspecified atom stereocenters. The van der Waals surface area contributed by atoms with Gasteiger partial charge in [0.1, 0.15) is 0 Å². The third-order valence-electron chi connectivity index (χ3n) is 3.45. The SMILES string of the molecule is OCCCSCCN[C@@H]1CCCc2ccccc21. The molecule has 2 rings (SSSR count). The van der Waals surface area contributed by atoms with Crippen LogP contribution in [-0.4, -0.2) is 29.8 Å². The van der Waals surface area contributed by atoms with Crippen LogP contribution >= 0.6 is 11.8 Å². The van der Waals surface area contributed by atoms with Crippen molar-refractivity contribution in [2.75, 3.05) is 24.7 Å². The summed E-state index contributed by atoms with van der Waals surface area (Å²) < 4.78 is 0. The highest BCUT2D eigenvalue weighted by molar-refractivity contribution is 7.99. The van der Waals surface area contributed by atoms with E-state index in [1.54, 1.807) is 0 Å². The van der Waals surface area contributed by atoms with Gasteiger partial charge in [0.05, 0.1) is 0 Å². The molecule has 0 heterocycles. The minimum atomic E-state index is 0.316. The Labute approximate surface area is 114 Å². The molecule has 0 fully saturated rings. The number of aliphatic hydroxyl groups excluding tert-OH is 1. The van der Waals surface area contributed by atoms with Crippen LogP contribution in [0.4, 0.5) is 0 Å². The van der Waals surface area contributed by atoms with Crippen LogP contribution in [0.25, 0.3) is 0 Å². The van der Waals surface area contributed by atoms with Gasteiger partial charge in [-0.1, -0.05) is 24.3 Å². The van der Waals surface area contributed by atoms with Crippen LogP contribution in [0.5, 0.6) is 0 Å². The van der Waals surface area contributed by atoms with Gasteiger partial charge < -0.3 is 10.4 Å². The molecule has 0 aliphatic heterocycles. The van der Waals surface area contributed by atoms with Crippen molar-refractivity contribution in [3.8, 4) is 0 Å². The maximum Gasteiger partial charge on any atom is 0.0438 e. The molecule has 1 aliphatic carbocycles. The largest absolute Gasteiger partial charge is 0.396 e. The van der Waals surface area contributed by atoms with Crippen molar-refractivity contribution in [2.45, 2.75) is 31.7 Å². The smallest absolute Gasteiger partial charge is 0.0438 e. The molecule has 1 aromatic rings. The molecule has 0 spiro atoms. The summed E-state index contributed by atoms with van der Waals surface area (Å²) in [5.74, 6) is 2.21. The molecule has 3 heteroatoms. The number of aryl methyl sites for hydroxylation is 1. The fourth-order valence-corrected chi connectivity index (χ4v) is 3.34. The Bertz CT molecular complexity index is 356. The summed E-state index contributed by atoms with van der Waals surface area (Å²) in [5.41, 5.74) is 3.03. The first-order valence-electron chi connectivity index (χ1n) is 6.91. The number of fused-ring (bicyclic) bond motifs is 1. The molecule has 0 amide bonds. The van der Waals surface area contributed by atoms with E-state index in [1.807, 2.05) is 11.8 Å². The Morgan fingerprint density at radius 3 is 3.06 bits per heavy atom. The average molecular weight is 265 g/mol. The number of benzene rings is 1. The molecule has 18 heavy (non-hydrogen) atoms. The van der Waals surface area contributed by atoms with Gasteiger partial charge in [0.2, 0.25) is 0 Å². The van der Waals surface area contributed by atoms with Crippen molar-refractivity contribution >= 4 is 11.8 Å². The van der Waals surface area contributed by atoms with Crippen LogP contribution in [0.2, 0.25) is 0 Å². The van der Waals surface area contributed by atoms with Crippen LogP contribution in [-0.2, 0) is 6.42 Å². The summed E-state index contributed by atoms with van der Waals surface area (Å²) >= 11 is 1.93. The van der Waals surface area contributed by atoms with Gasteiger partial charge in [-0.05, 0) is 42.6 Å². The van der Waals surface area contributed by atoms with Crippen LogP contribution in [0, 0.1) is 0 Å². The van der Waals surface area contributed by atoms with E-state index in [1.165, 1.54) is 30.4 Å². The molecule has 0 radical (unpaired) electrons. The van der Waals surface area contributed by atoms with Crippen molar-refractivity contribution in [1.29, 1.82) is 0 Å². The predicted octanol–water partition coefficient (Wildman–Crippen LogP) is 2.77. The molecule has 0 saturated carbocycles. The third kappa shape index (κ3) is 4.01. The van der Waals surface area contributed by atoms with Crippen LogP contribution < -0.4 is 5.32 Å². The predicted molar refractivity (Wildman–Crippen MR) is 79.2 cm³/mol. The van der Waals surface area contributed by atoms with Gasteiger partial charge in [-0.15, -0.1) is 0 Å². The molecule has 1 atom stereocenters. The van der Waals surface area contributed by atoms with Gasteiger partial charge in [0.25, 0.3) is 0 Å². The monoisotopic (exact) mass is 265 g/mol. The van der Waals surface area contributed by atoms with Gasteiger partial charge in [0, 0.05) is 24.9 Å². The molecule has 0 saturated heterocycles. The minimum Gasteiger partial charge on any atom is -0.396 e.